The van der Waals surface area contributed by atoms with Crippen LogP contribution in [0.15, 0.2) is 18.3 Å². The molecule has 0 saturated heterocycles. The summed E-state index contributed by atoms with van der Waals surface area (Å²) < 4.78 is 5.14. The topological polar surface area (TPSA) is 77.2 Å². The van der Waals surface area contributed by atoms with Crippen LogP contribution in [-0.4, -0.2) is 24.5 Å². The second kappa shape index (κ2) is 5.35. The number of nitrogens with two attached hydrogens (primary N) is 1. The van der Waals surface area contributed by atoms with E-state index < -0.39 is 0 Å². The van der Waals surface area contributed by atoms with Crippen molar-refractivity contribution in [1.29, 1.82) is 0 Å². The quantitative estimate of drug-likeness (QED) is 0.810. The average Bonchev–Trinajstić information content (AvgIpc) is 2.36. The lowest BCUT2D eigenvalue weighted by Crippen LogP contribution is -2.50. The summed E-state index contributed by atoms with van der Waals surface area (Å²) in [6.07, 6.45) is 4.53. The number of rotatable bonds is 5. The Balaban J connectivity index is 1.97. The van der Waals surface area contributed by atoms with E-state index in [2.05, 4.69) is 10.3 Å². The van der Waals surface area contributed by atoms with Crippen LogP contribution in [0.1, 0.15) is 24.8 Å². The number of amides is 1. The maximum Gasteiger partial charge on any atom is 0.227 e. The predicted molar refractivity (Wildman–Crippen MR) is 68.0 cm³/mol. The molecule has 1 amide bonds. The summed E-state index contributed by atoms with van der Waals surface area (Å²) in [7, 11) is 1.57. The monoisotopic (exact) mass is 249 g/mol. The van der Waals surface area contributed by atoms with Crippen LogP contribution in [0, 0.1) is 5.41 Å². The van der Waals surface area contributed by atoms with Crippen LogP contribution in [0.25, 0.3) is 0 Å². The van der Waals surface area contributed by atoms with Crippen molar-refractivity contribution in [2.45, 2.75) is 25.8 Å². The molecule has 5 heteroatoms. The molecule has 98 valence electrons. The second-order valence-corrected chi connectivity index (χ2v) is 4.69. The zero-order valence-corrected chi connectivity index (χ0v) is 10.6. The molecule has 1 fully saturated rings. The Labute approximate surface area is 107 Å². The van der Waals surface area contributed by atoms with Gasteiger partial charge in [-0.05, 0) is 18.9 Å². The van der Waals surface area contributed by atoms with E-state index in [1.54, 1.807) is 13.3 Å². The van der Waals surface area contributed by atoms with E-state index >= 15 is 0 Å². The minimum absolute atomic E-state index is 0.0437. The molecule has 0 radical (unpaired) electrons. The van der Waals surface area contributed by atoms with E-state index in [1.807, 2.05) is 12.1 Å². The highest BCUT2D eigenvalue weighted by atomic mass is 16.5. The van der Waals surface area contributed by atoms with Gasteiger partial charge in [0.05, 0.1) is 12.5 Å². The van der Waals surface area contributed by atoms with Crippen molar-refractivity contribution in [3.63, 3.8) is 0 Å². The van der Waals surface area contributed by atoms with Crippen LogP contribution in [0.3, 0.4) is 0 Å². The number of carbonyl (C=O) groups is 1. The molecule has 1 aromatic heterocycles. The fourth-order valence-electron chi connectivity index (χ4n) is 2.23. The van der Waals surface area contributed by atoms with Crippen molar-refractivity contribution in [3.8, 4) is 5.88 Å². The zero-order valence-electron chi connectivity index (χ0n) is 10.6. The van der Waals surface area contributed by atoms with E-state index in [4.69, 9.17) is 10.5 Å². The van der Waals surface area contributed by atoms with E-state index in [0.717, 1.165) is 24.8 Å². The molecule has 0 spiro atoms. The fourth-order valence-corrected chi connectivity index (χ4v) is 2.23. The summed E-state index contributed by atoms with van der Waals surface area (Å²) in [4.78, 5) is 16.2. The number of hydrogen-bond acceptors (Lipinski definition) is 4. The summed E-state index contributed by atoms with van der Waals surface area (Å²) in [6.45, 7) is 0.848. The number of aromatic nitrogens is 1. The Hall–Kier alpha value is -1.62. The van der Waals surface area contributed by atoms with Crippen molar-refractivity contribution < 1.29 is 9.53 Å². The average molecular weight is 249 g/mol. The van der Waals surface area contributed by atoms with E-state index in [-0.39, 0.29) is 11.3 Å². The number of pyridine rings is 1. The number of methoxy groups -OCH3 is 1. The van der Waals surface area contributed by atoms with Gasteiger partial charge in [0.1, 0.15) is 0 Å². The van der Waals surface area contributed by atoms with Crippen LogP contribution in [-0.2, 0) is 11.3 Å². The number of carbonyl (C=O) groups excluding carboxylic acids is 1. The third-order valence-corrected chi connectivity index (χ3v) is 3.67. The summed E-state index contributed by atoms with van der Waals surface area (Å²) in [5.74, 6) is 0.593. The van der Waals surface area contributed by atoms with Gasteiger partial charge in [-0.3, -0.25) is 4.79 Å². The molecule has 5 nitrogen and oxygen atoms in total. The van der Waals surface area contributed by atoms with Gasteiger partial charge in [0, 0.05) is 24.8 Å². The van der Waals surface area contributed by atoms with Gasteiger partial charge < -0.3 is 15.8 Å². The lowest BCUT2D eigenvalue weighted by Gasteiger charge is -2.39. The Morgan fingerprint density at radius 2 is 2.39 bits per heavy atom. The van der Waals surface area contributed by atoms with E-state index in [9.17, 15) is 4.79 Å². The normalized spacial score (nSPS) is 16.8. The zero-order chi connectivity index (χ0) is 13.0. The van der Waals surface area contributed by atoms with Crippen molar-refractivity contribution in [2.24, 2.45) is 11.1 Å². The standard InChI is InChI=1S/C13H19N3O2/c1-18-11-10(4-2-7-15-11)8-16-12(17)13(9-14)5-3-6-13/h2,4,7H,3,5-6,8-9,14H2,1H3,(H,16,17). The summed E-state index contributed by atoms with van der Waals surface area (Å²) in [5.41, 5.74) is 6.23. The minimum Gasteiger partial charge on any atom is -0.481 e. The second-order valence-electron chi connectivity index (χ2n) is 4.69. The largest absolute Gasteiger partial charge is 0.481 e. The van der Waals surface area contributed by atoms with Crippen molar-refractivity contribution in [1.82, 2.24) is 10.3 Å². The Bertz CT molecular complexity index is 424. The van der Waals surface area contributed by atoms with Crippen molar-refractivity contribution in [3.05, 3.63) is 23.9 Å². The first-order valence-electron chi connectivity index (χ1n) is 6.18. The number of nitrogens with zero attached hydrogens (tertiary/aromatic N) is 1. The van der Waals surface area contributed by atoms with Gasteiger partial charge in [0.25, 0.3) is 0 Å². The molecule has 1 heterocycles. The molecule has 0 aliphatic heterocycles. The third kappa shape index (κ3) is 2.31. The van der Waals surface area contributed by atoms with Crippen LogP contribution >= 0.6 is 0 Å². The van der Waals surface area contributed by atoms with Crippen molar-refractivity contribution in [2.75, 3.05) is 13.7 Å². The van der Waals surface area contributed by atoms with Gasteiger partial charge in [0.15, 0.2) is 0 Å². The van der Waals surface area contributed by atoms with Crippen LogP contribution in [0.5, 0.6) is 5.88 Å². The van der Waals surface area contributed by atoms with Gasteiger partial charge in [-0.1, -0.05) is 12.5 Å². The molecule has 1 aromatic rings. The van der Waals surface area contributed by atoms with Gasteiger partial charge in [-0.2, -0.15) is 0 Å². The molecule has 1 aliphatic carbocycles. The molecule has 2 rings (SSSR count). The molecule has 0 atom stereocenters. The molecular formula is C13H19N3O2. The fraction of sp³-hybridized carbons (Fsp3) is 0.538. The molecule has 1 saturated carbocycles. The maximum absolute atomic E-state index is 12.1. The summed E-state index contributed by atoms with van der Waals surface area (Å²) in [6, 6.07) is 3.72. The number of nitrogens with one attached hydrogen (secondary N) is 1. The van der Waals surface area contributed by atoms with Gasteiger partial charge in [0.2, 0.25) is 11.8 Å². The van der Waals surface area contributed by atoms with Gasteiger partial charge >= 0.3 is 0 Å². The van der Waals surface area contributed by atoms with Crippen LogP contribution in [0.2, 0.25) is 0 Å². The number of hydrogen-bond donors (Lipinski definition) is 2. The molecule has 3 N–H and O–H groups in total. The molecule has 18 heavy (non-hydrogen) atoms. The van der Waals surface area contributed by atoms with Crippen molar-refractivity contribution >= 4 is 5.91 Å². The first kappa shape index (κ1) is 12.8. The van der Waals surface area contributed by atoms with Crippen LogP contribution in [0.4, 0.5) is 0 Å². The Morgan fingerprint density at radius 1 is 1.61 bits per heavy atom. The van der Waals surface area contributed by atoms with Gasteiger partial charge in [-0.15, -0.1) is 0 Å². The Morgan fingerprint density at radius 3 is 2.94 bits per heavy atom. The van der Waals surface area contributed by atoms with Crippen LogP contribution < -0.4 is 15.8 Å². The first-order valence-corrected chi connectivity index (χ1v) is 6.18. The van der Waals surface area contributed by atoms with Gasteiger partial charge in [-0.25, -0.2) is 4.98 Å². The van der Waals surface area contributed by atoms with E-state index in [0.29, 0.717) is 19.0 Å². The maximum atomic E-state index is 12.1. The van der Waals surface area contributed by atoms with E-state index in [1.165, 1.54) is 0 Å². The highest BCUT2D eigenvalue weighted by Gasteiger charge is 2.42. The SMILES string of the molecule is COc1ncccc1CNC(=O)C1(CN)CCC1. The Kier molecular flexibility index (Phi) is 3.81. The molecule has 0 aromatic carbocycles. The molecule has 0 bridgehead atoms. The lowest BCUT2D eigenvalue weighted by molar-refractivity contribution is -0.135. The molecule has 0 unspecified atom stereocenters. The smallest absolute Gasteiger partial charge is 0.227 e. The molecular weight excluding hydrogens is 230 g/mol. The minimum atomic E-state index is -0.338. The number of ether oxygens (including phenoxy) is 1. The highest BCUT2D eigenvalue weighted by molar-refractivity contribution is 5.83. The summed E-state index contributed by atoms with van der Waals surface area (Å²) in [5, 5.41) is 2.93. The first-order chi connectivity index (χ1) is 8.72. The highest BCUT2D eigenvalue weighted by Crippen LogP contribution is 2.40. The summed E-state index contributed by atoms with van der Waals surface area (Å²) >= 11 is 0. The lowest BCUT2D eigenvalue weighted by atomic mass is 9.68. The third-order valence-electron chi connectivity index (χ3n) is 3.67. The predicted octanol–water partition coefficient (Wildman–Crippen LogP) is 0.835. The molecule has 1 aliphatic rings.